The number of fused-ring (bicyclic) bond motifs is 2. The first kappa shape index (κ1) is 13.8. The van der Waals surface area contributed by atoms with Crippen molar-refractivity contribution >= 4 is 0 Å². The molecular weight excluding hydrogens is 236 g/mol. The third-order valence-corrected chi connectivity index (χ3v) is 6.36. The van der Waals surface area contributed by atoms with Gasteiger partial charge in [0.1, 0.15) is 0 Å². The van der Waals surface area contributed by atoms with E-state index in [1.807, 2.05) is 7.11 Å². The minimum atomic E-state index is -0.0123. The summed E-state index contributed by atoms with van der Waals surface area (Å²) in [7, 11) is 1.90. The summed E-state index contributed by atoms with van der Waals surface area (Å²) in [4.78, 5) is 0. The second-order valence-electron chi connectivity index (χ2n) is 7.45. The van der Waals surface area contributed by atoms with Crippen LogP contribution in [-0.4, -0.2) is 18.8 Å². The van der Waals surface area contributed by atoms with Crippen LogP contribution in [0.15, 0.2) is 0 Å². The molecule has 3 aliphatic carbocycles. The highest BCUT2D eigenvalue weighted by Crippen LogP contribution is 2.53. The van der Waals surface area contributed by atoms with E-state index >= 15 is 0 Å². The minimum absolute atomic E-state index is 0.0123. The van der Waals surface area contributed by atoms with Gasteiger partial charge in [-0.15, -0.1) is 0 Å². The second kappa shape index (κ2) is 5.34. The lowest BCUT2D eigenvalue weighted by Gasteiger charge is -2.48. The molecule has 0 heterocycles. The van der Waals surface area contributed by atoms with Crippen molar-refractivity contribution in [2.75, 3.05) is 7.11 Å². The molecule has 3 N–H and O–H groups in total. The predicted octanol–water partition coefficient (Wildman–Crippen LogP) is 2.85. The number of hydrogen-bond donors (Lipinski definition) is 2. The first-order valence-corrected chi connectivity index (χ1v) is 8.20. The van der Waals surface area contributed by atoms with Gasteiger partial charge in [0.15, 0.2) is 0 Å². The third-order valence-electron chi connectivity index (χ3n) is 6.36. The van der Waals surface area contributed by atoms with Crippen LogP contribution >= 0.6 is 0 Å². The Kier molecular flexibility index (Phi) is 3.89. The van der Waals surface area contributed by atoms with Crippen molar-refractivity contribution in [2.24, 2.45) is 29.5 Å². The van der Waals surface area contributed by atoms with Gasteiger partial charge in [0.25, 0.3) is 0 Å². The number of nitrogens with two attached hydrogens (primary N) is 1. The maximum absolute atomic E-state index is 6.08. The molecule has 3 rings (SSSR count). The molecule has 6 unspecified atom stereocenters. The Morgan fingerprint density at radius 1 is 1.26 bits per heavy atom. The molecular formula is C16H30N2O. The van der Waals surface area contributed by atoms with Crippen molar-refractivity contribution in [1.82, 2.24) is 5.43 Å². The van der Waals surface area contributed by atoms with Crippen molar-refractivity contribution in [3.05, 3.63) is 0 Å². The fourth-order valence-electron chi connectivity index (χ4n) is 5.51. The van der Waals surface area contributed by atoms with E-state index in [0.29, 0.717) is 6.04 Å². The summed E-state index contributed by atoms with van der Waals surface area (Å²) < 4.78 is 6.08. The summed E-state index contributed by atoms with van der Waals surface area (Å²) in [5.74, 6) is 9.37. The molecule has 3 nitrogen and oxygen atoms in total. The van der Waals surface area contributed by atoms with Crippen LogP contribution in [0.5, 0.6) is 0 Å². The van der Waals surface area contributed by atoms with Crippen LogP contribution in [0.2, 0.25) is 0 Å². The zero-order valence-corrected chi connectivity index (χ0v) is 12.5. The van der Waals surface area contributed by atoms with Crippen molar-refractivity contribution in [3.8, 4) is 0 Å². The molecule has 0 saturated heterocycles. The maximum atomic E-state index is 6.08. The van der Waals surface area contributed by atoms with Gasteiger partial charge < -0.3 is 4.74 Å². The van der Waals surface area contributed by atoms with Crippen molar-refractivity contribution in [1.29, 1.82) is 0 Å². The molecule has 0 aliphatic heterocycles. The highest BCUT2D eigenvalue weighted by atomic mass is 16.5. The van der Waals surface area contributed by atoms with Gasteiger partial charge in [-0.05, 0) is 55.8 Å². The predicted molar refractivity (Wildman–Crippen MR) is 77.4 cm³/mol. The monoisotopic (exact) mass is 266 g/mol. The van der Waals surface area contributed by atoms with Crippen LogP contribution in [0, 0.1) is 23.7 Å². The van der Waals surface area contributed by atoms with E-state index < -0.39 is 0 Å². The summed E-state index contributed by atoms with van der Waals surface area (Å²) in [6.07, 6.45) is 10.7. The summed E-state index contributed by atoms with van der Waals surface area (Å²) in [5.41, 5.74) is 3.17. The summed E-state index contributed by atoms with van der Waals surface area (Å²) in [6, 6.07) is 0.357. The quantitative estimate of drug-likeness (QED) is 0.607. The Morgan fingerprint density at radius 3 is 2.63 bits per heavy atom. The van der Waals surface area contributed by atoms with Crippen LogP contribution < -0.4 is 11.3 Å². The Morgan fingerprint density at radius 2 is 2.11 bits per heavy atom. The lowest BCUT2D eigenvalue weighted by Crippen LogP contribution is -2.60. The van der Waals surface area contributed by atoms with Crippen LogP contribution in [0.4, 0.5) is 0 Å². The average Bonchev–Trinajstić information content (AvgIpc) is 3.02. The minimum Gasteiger partial charge on any atom is -0.377 e. The Bertz CT molecular complexity index is 322. The van der Waals surface area contributed by atoms with Crippen molar-refractivity contribution in [3.63, 3.8) is 0 Å². The van der Waals surface area contributed by atoms with Gasteiger partial charge in [-0.2, -0.15) is 0 Å². The molecule has 0 amide bonds. The van der Waals surface area contributed by atoms with Gasteiger partial charge in [-0.3, -0.25) is 11.3 Å². The van der Waals surface area contributed by atoms with E-state index in [1.54, 1.807) is 0 Å². The molecule has 6 atom stereocenters. The first-order valence-electron chi connectivity index (χ1n) is 8.20. The standard InChI is InChI=1S/C16H30N2O/c1-11-4-3-7-16(10-11,19-2)15(18-17)14-9-12-5-6-13(14)8-12/h11-15,18H,3-10,17H2,1-2H3. The molecule has 19 heavy (non-hydrogen) atoms. The van der Waals surface area contributed by atoms with Gasteiger partial charge in [-0.1, -0.05) is 26.2 Å². The third kappa shape index (κ3) is 2.34. The molecule has 3 heteroatoms. The molecule has 0 spiro atoms. The van der Waals surface area contributed by atoms with Crippen LogP contribution in [0.25, 0.3) is 0 Å². The molecule has 3 fully saturated rings. The van der Waals surface area contributed by atoms with Crippen LogP contribution in [-0.2, 0) is 4.74 Å². The number of nitrogens with one attached hydrogen (secondary N) is 1. The van der Waals surface area contributed by atoms with Crippen molar-refractivity contribution in [2.45, 2.75) is 69.9 Å². The van der Waals surface area contributed by atoms with Gasteiger partial charge in [0.2, 0.25) is 0 Å². The normalized spacial score (nSPS) is 47.5. The molecule has 110 valence electrons. The lowest BCUT2D eigenvalue weighted by atomic mass is 9.68. The summed E-state index contributed by atoms with van der Waals surface area (Å²) in [5, 5.41) is 0. The smallest absolute Gasteiger partial charge is 0.0849 e. The number of ether oxygens (including phenoxy) is 1. The van der Waals surface area contributed by atoms with Crippen LogP contribution in [0.1, 0.15) is 58.3 Å². The maximum Gasteiger partial charge on any atom is 0.0849 e. The molecule has 0 aromatic rings. The zero-order chi connectivity index (χ0) is 13.5. The highest BCUT2D eigenvalue weighted by Gasteiger charge is 2.51. The van der Waals surface area contributed by atoms with E-state index in [0.717, 1.165) is 23.7 Å². The molecule has 2 bridgehead atoms. The largest absolute Gasteiger partial charge is 0.377 e. The first-order chi connectivity index (χ1) is 9.18. The van der Waals surface area contributed by atoms with E-state index in [-0.39, 0.29) is 5.60 Å². The van der Waals surface area contributed by atoms with E-state index in [2.05, 4.69) is 12.3 Å². The zero-order valence-electron chi connectivity index (χ0n) is 12.5. The summed E-state index contributed by atoms with van der Waals surface area (Å²) >= 11 is 0. The van der Waals surface area contributed by atoms with E-state index in [1.165, 1.54) is 51.4 Å². The Hall–Kier alpha value is -0.120. The fourth-order valence-corrected chi connectivity index (χ4v) is 5.51. The topological polar surface area (TPSA) is 47.3 Å². The van der Waals surface area contributed by atoms with Gasteiger partial charge >= 0.3 is 0 Å². The number of methoxy groups -OCH3 is 1. The highest BCUT2D eigenvalue weighted by molar-refractivity contribution is 5.04. The Labute approximate surface area is 117 Å². The number of hydrogen-bond acceptors (Lipinski definition) is 3. The lowest BCUT2D eigenvalue weighted by molar-refractivity contribution is -0.0979. The number of hydrazine groups is 1. The molecule has 0 radical (unpaired) electrons. The number of rotatable bonds is 4. The molecule has 0 aromatic carbocycles. The Balaban J connectivity index is 1.79. The van der Waals surface area contributed by atoms with E-state index in [4.69, 9.17) is 10.6 Å². The van der Waals surface area contributed by atoms with Gasteiger partial charge in [0.05, 0.1) is 11.6 Å². The second-order valence-corrected chi connectivity index (χ2v) is 7.45. The van der Waals surface area contributed by atoms with Gasteiger partial charge in [0, 0.05) is 7.11 Å². The fraction of sp³-hybridized carbons (Fsp3) is 1.00. The molecule has 3 saturated carbocycles. The molecule has 3 aliphatic rings. The van der Waals surface area contributed by atoms with Crippen molar-refractivity contribution < 1.29 is 4.74 Å². The van der Waals surface area contributed by atoms with Gasteiger partial charge in [-0.25, -0.2) is 0 Å². The summed E-state index contributed by atoms with van der Waals surface area (Å²) in [6.45, 7) is 2.36. The van der Waals surface area contributed by atoms with E-state index in [9.17, 15) is 0 Å². The SMILES string of the molecule is COC1(C(NN)C2CC3CCC2C3)CCCC(C)C1. The molecule has 0 aromatic heterocycles. The average molecular weight is 266 g/mol. The van der Waals surface area contributed by atoms with Crippen LogP contribution in [0.3, 0.4) is 0 Å².